The molecule has 0 aliphatic heterocycles. The average molecular weight is 418 g/mol. The van der Waals surface area contributed by atoms with Crippen LogP contribution in [0.1, 0.15) is 18.1 Å². The summed E-state index contributed by atoms with van der Waals surface area (Å²) in [4.78, 5) is 7.98. The van der Waals surface area contributed by atoms with Crippen LogP contribution in [0.5, 0.6) is 0 Å². The van der Waals surface area contributed by atoms with Gasteiger partial charge in [0.25, 0.3) is 0 Å². The molecule has 0 aliphatic carbocycles. The van der Waals surface area contributed by atoms with Gasteiger partial charge in [0.2, 0.25) is 0 Å². The zero-order chi connectivity index (χ0) is 20.4. The number of anilines is 2. The average Bonchev–Trinajstić information content (AvgIpc) is 2.60. The molecule has 0 aromatic heterocycles. The lowest BCUT2D eigenvalue weighted by Gasteiger charge is -2.24. The quantitative estimate of drug-likeness (QED) is 0.398. The molecule has 0 fully saturated rings. The van der Waals surface area contributed by atoms with Crippen molar-refractivity contribution in [2.24, 2.45) is 4.99 Å². The first-order chi connectivity index (χ1) is 12.5. The van der Waals surface area contributed by atoms with Crippen LogP contribution in [-0.4, -0.2) is 31.9 Å². The van der Waals surface area contributed by atoms with Crippen molar-refractivity contribution in [1.29, 1.82) is 0 Å². The van der Waals surface area contributed by atoms with Gasteiger partial charge in [0.05, 0.1) is 33.3 Å². The molecule has 0 spiro atoms. The Morgan fingerprint density at radius 3 is 2.26 bits per heavy atom. The molecule has 0 N–H and O–H groups in total. The Kier molecular flexibility index (Phi) is 6.65. The molecule has 0 aliphatic rings. The fourth-order valence-corrected chi connectivity index (χ4v) is 2.96. The molecule has 0 heterocycles. The highest BCUT2D eigenvalue weighted by Gasteiger charge is 2.31. The molecule has 0 atom stereocenters. The molecule has 27 heavy (non-hydrogen) atoms. The topological polar surface area (TPSA) is 18.8 Å². The van der Waals surface area contributed by atoms with E-state index in [0.29, 0.717) is 16.4 Å². The summed E-state index contributed by atoms with van der Waals surface area (Å²) in [6, 6.07) is 6.83. The summed E-state index contributed by atoms with van der Waals surface area (Å²) in [6.07, 6.45) is -2.75. The first kappa shape index (κ1) is 21.4. The Morgan fingerprint density at radius 1 is 1.04 bits per heavy atom. The second-order valence-corrected chi connectivity index (χ2v) is 6.95. The van der Waals surface area contributed by atoms with E-state index in [9.17, 15) is 13.2 Å². The minimum Gasteiger partial charge on any atom is -0.366 e. The van der Waals surface area contributed by atoms with Gasteiger partial charge in [-0.3, -0.25) is 0 Å². The summed E-state index contributed by atoms with van der Waals surface area (Å²) in [6.45, 7) is 4.70. The highest BCUT2D eigenvalue weighted by molar-refractivity contribution is 6.34. The van der Waals surface area contributed by atoms with E-state index in [1.165, 1.54) is 6.07 Å². The molecule has 2 aromatic rings. The molecular weight excluding hydrogens is 398 g/mol. The molecule has 2 rings (SSSR count). The zero-order valence-electron chi connectivity index (χ0n) is 15.4. The number of hydrogen-bond acceptors (Lipinski definition) is 2. The molecule has 0 bridgehead atoms. The van der Waals surface area contributed by atoms with Crippen molar-refractivity contribution >= 4 is 46.6 Å². The van der Waals surface area contributed by atoms with E-state index in [1.807, 2.05) is 31.9 Å². The van der Waals surface area contributed by atoms with Gasteiger partial charge >= 0.3 is 6.18 Å². The van der Waals surface area contributed by atoms with Crippen LogP contribution in [0.2, 0.25) is 10.0 Å². The smallest absolute Gasteiger partial charge is 0.366 e. The summed E-state index contributed by atoms with van der Waals surface area (Å²) in [7, 11) is 3.62. The van der Waals surface area contributed by atoms with Crippen LogP contribution in [0, 0.1) is 6.92 Å². The van der Waals surface area contributed by atoms with Crippen molar-refractivity contribution < 1.29 is 13.2 Å². The maximum Gasteiger partial charge on any atom is 0.416 e. The lowest BCUT2D eigenvalue weighted by molar-refractivity contribution is -0.137. The van der Waals surface area contributed by atoms with E-state index < -0.39 is 11.7 Å². The number of alkyl halides is 3. The Balaban J connectivity index is 2.38. The van der Waals surface area contributed by atoms with Gasteiger partial charge in [-0.2, -0.15) is 13.2 Å². The van der Waals surface area contributed by atoms with Crippen molar-refractivity contribution in [3.63, 3.8) is 0 Å². The van der Waals surface area contributed by atoms with Gasteiger partial charge in [0.15, 0.2) is 0 Å². The SMILES string of the molecule is CCN(C)C=Nc1cc(C)c(N(C)c2ccc(C(F)(F)F)cc2Cl)cc1Cl. The molecule has 8 heteroatoms. The monoisotopic (exact) mass is 417 g/mol. The van der Waals surface area contributed by atoms with Crippen LogP contribution >= 0.6 is 23.2 Å². The second kappa shape index (κ2) is 8.40. The van der Waals surface area contributed by atoms with Crippen LogP contribution in [0.4, 0.5) is 30.2 Å². The second-order valence-electron chi connectivity index (χ2n) is 6.13. The minimum atomic E-state index is -4.44. The van der Waals surface area contributed by atoms with Gasteiger partial charge in [0.1, 0.15) is 0 Å². The molecule has 146 valence electrons. The number of aryl methyl sites for hydroxylation is 1. The third-order valence-electron chi connectivity index (χ3n) is 4.16. The van der Waals surface area contributed by atoms with Gasteiger partial charge in [-0.1, -0.05) is 23.2 Å². The first-order valence-electron chi connectivity index (χ1n) is 8.19. The van der Waals surface area contributed by atoms with E-state index in [2.05, 4.69) is 4.99 Å². The van der Waals surface area contributed by atoms with E-state index in [1.54, 1.807) is 24.4 Å². The van der Waals surface area contributed by atoms with Gasteiger partial charge in [-0.15, -0.1) is 0 Å². The van der Waals surface area contributed by atoms with Crippen LogP contribution in [0.15, 0.2) is 35.3 Å². The maximum atomic E-state index is 12.8. The maximum absolute atomic E-state index is 12.8. The largest absolute Gasteiger partial charge is 0.416 e. The first-order valence-corrected chi connectivity index (χ1v) is 8.95. The third-order valence-corrected chi connectivity index (χ3v) is 4.76. The van der Waals surface area contributed by atoms with Gasteiger partial charge in [-0.25, -0.2) is 4.99 Å². The molecule has 0 saturated carbocycles. The molecule has 0 saturated heterocycles. The van der Waals surface area contributed by atoms with Gasteiger partial charge < -0.3 is 9.80 Å². The molecule has 0 amide bonds. The summed E-state index contributed by atoms with van der Waals surface area (Å²) in [5.41, 5.74) is 1.87. The number of halogens is 5. The van der Waals surface area contributed by atoms with Crippen LogP contribution in [0.3, 0.4) is 0 Å². The number of benzene rings is 2. The highest BCUT2D eigenvalue weighted by atomic mass is 35.5. The fourth-order valence-electron chi connectivity index (χ4n) is 2.44. The van der Waals surface area contributed by atoms with E-state index in [0.717, 1.165) is 29.9 Å². The third kappa shape index (κ3) is 5.08. The number of hydrogen-bond donors (Lipinski definition) is 0. The highest BCUT2D eigenvalue weighted by Crippen LogP contribution is 2.39. The standard InChI is InChI=1S/C19H20Cl2F3N3/c1-5-26(3)11-25-16-8-12(2)18(10-14(16)20)27(4)17-7-6-13(9-15(17)21)19(22,23)24/h6-11H,5H2,1-4H3. The van der Waals surface area contributed by atoms with Crippen LogP contribution in [0.25, 0.3) is 0 Å². The fraction of sp³-hybridized carbons (Fsp3) is 0.316. The molecule has 0 unspecified atom stereocenters. The Morgan fingerprint density at radius 2 is 1.70 bits per heavy atom. The van der Waals surface area contributed by atoms with Crippen molar-refractivity contribution in [3.8, 4) is 0 Å². The molecular formula is C19H20Cl2F3N3. The zero-order valence-corrected chi connectivity index (χ0v) is 16.9. The molecule has 0 radical (unpaired) electrons. The predicted molar refractivity (Wildman–Crippen MR) is 107 cm³/mol. The summed E-state index contributed by atoms with van der Waals surface area (Å²) in [5, 5.41) is 0.445. The van der Waals surface area contributed by atoms with E-state index in [4.69, 9.17) is 23.2 Å². The number of rotatable bonds is 5. The number of nitrogens with zero attached hydrogens (tertiary/aromatic N) is 3. The van der Waals surface area contributed by atoms with Crippen LogP contribution in [-0.2, 0) is 6.18 Å². The normalized spacial score (nSPS) is 11.9. The lowest BCUT2D eigenvalue weighted by Crippen LogP contribution is -2.14. The lowest BCUT2D eigenvalue weighted by atomic mass is 10.1. The van der Waals surface area contributed by atoms with Crippen LogP contribution < -0.4 is 4.90 Å². The van der Waals surface area contributed by atoms with Gasteiger partial charge in [-0.05, 0) is 49.7 Å². The summed E-state index contributed by atoms with van der Waals surface area (Å²) in [5.74, 6) is 0. The van der Waals surface area contributed by atoms with Crippen molar-refractivity contribution in [2.75, 3.05) is 25.5 Å². The van der Waals surface area contributed by atoms with Crippen molar-refractivity contribution in [1.82, 2.24) is 4.90 Å². The van der Waals surface area contributed by atoms with Crippen molar-refractivity contribution in [2.45, 2.75) is 20.0 Å². The van der Waals surface area contributed by atoms with Crippen molar-refractivity contribution in [3.05, 3.63) is 51.5 Å². The number of aliphatic imine (C=N–C) groups is 1. The summed E-state index contributed by atoms with van der Waals surface area (Å²) >= 11 is 12.4. The summed E-state index contributed by atoms with van der Waals surface area (Å²) < 4.78 is 38.5. The van der Waals surface area contributed by atoms with Gasteiger partial charge in [0, 0.05) is 26.3 Å². The molecule has 2 aromatic carbocycles. The van der Waals surface area contributed by atoms with E-state index >= 15 is 0 Å². The Labute approximate surface area is 167 Å². The predicted octanol–water partition coefficient (Wildman–Crippen LogP) is 6.70. The van der Waals surface area contributed by atoms with E-state index in [-0.39, 0.29) is 5.02 Å². The Hall–Kier alpha value is -1.92. The Bertz CT molecular complexity index is 851. The minimum absolute atomic E-state index is 0.00881. The molecule has 3 nitrogen and oxygen atoms in total.